The molecule has 0 amide bonds. The highest BCUT2D eigenvalue weighted by Gasteiger charge is 2.45. The van der Waals surface area contributed by atoms with Gasteiger partial charge in [0.1, 0.15) is 52.1 Å². The first-order chi connectivity index (χ1) is 6.12. The van der Waals surface area contributed by atoms with Crippen molar-refractivity contribution in [2.75, 3.05) is 27.2 Å². The molecule has 0 aromatic rings. The number of ether oxygens (including phenoxy) is 2. The number of likely N-dealkylation sites (N-methyl/N-ethyl adjacent to an activating group) is 1. The van der Waals surface area contributed by atoms with Crippen LogP contribution in [0.4, 0.5) is 0 Å². The smallest absolute Gasteiger partial charge is 0.307 e. The van der Waals surface area contributed by atoms with Gasteiger partial charge in [-0.3, -0.25) is 9.47 Å². The van der Waals surface area contributed by atoms with Gasteiger partial charge in [-0.15, -0.1) is 0 Å². The molecule has 0 spiro atoms. The topological polar surface area (TPSA) is 40.2 Å². The summed E-state index contributed by atoms with van der Waals surface area (Å²) in [6.07, 6.45) is -1.33. The lowest BCUT2D eigenvalue weighted by atomic mass is 10.4. The maximum absolute atomic E-state index is 5.43. The molecule has 78 valence electrons. The summed E-state index contributed by atoms with van der Waals surface area (Å²) in [5.74, 6) is 0. The fourth-order valence-corrected chi connectivity index (χ4v) is 2.04. The monoisotopic (exact) mass is 415 g/mol. The Morgan fingerprint density at radius 1 is 1.46 bits per heavy atom. The molecule has 13 heavy (non-hydrogen) atoms. The second-order valence-corrected chi connectivity index (χ2v) is 3.85. The second-order valence-electron chi connectivity index (χ2n) is 2.97. The zero-order chi connectivity index (χ0) is 9.90. The predicted molar refractivity (Wildman–Crippen MR) is 62.3 cm³/mol. The predicted octanol–water partition coefficient (Wildman–Crippen LogP) is 1.31. The summed E-state index contributed by atoms with van der Waals surface area (Å²) in [5, 5.41) is 0. The molecule has 1 aliphatic heterocycles. The first kappa shape index (κ1) is 12.3. The van der Waals surface area contributed by atoms with Gasteiger partial charge in [-0.05, 0) is 14.1 Å². The van der Waals surface area contributed by atoms with Gasteiger partial charge < -0.3 is 4.90 Å². The third-order valence-corrected chi connectivity index (χ3v) is 2.59. The van der Waals surface area contributed by atoms with Crippen LogP contribution in [0.25, 0.3) is 0 Å². The molecule has 1 heterocycles. The van der Waals surface area contributed by atoms with E-state index in [0.29, 0.717) is 6.61 Å². The zero-order valence-corrected chi connectivity index (χ0v) is 11.6. The molecule has 5 nitrogen and oxygen atoms in total. The van der Waals surface area contributed by atoms with Gasteiger partial charge in [0, 0.05) is 6.54 Å². The summed E-state index contributed by atoms with van der Waals surface area (Å²) in [7, 11) is 3.94. The SMILES string of the molecule is CN(C)CC1COC(OI)(OI)O1. The van der Waals surface area contributed by atoms with E-state index in [0.717, 1.165) is 6.54 Å². The third kappa shape index (κ3) is 3.39. The average molecular weight is 415 g/mol. The summed E-state index contributed by atoms with van der Waals surface area (Å²) in [6.45, 7) is 1.26. The van der Waals surface area contributed by atoms with E-state index in [1.165, 1.54) is 0 Å². The van der Waals surface area contributed by atoms with Crippen LogP contribution in [-0.4, -0.2) is 44.4 Å². The van der Waals surface area contributed by atoms with Crippen LogP contribution in [0.5, 0.6) is 0 Å². The molecule has 1 rings (SSSR count). The normalized spacial score (nSPS) is 27.0. The van der Waals surface area contributed by atoms with Crippen LogP contribution >= 0.6 is 46.0 Å². The van der Waals surface area contributed by atoms with Crippen molar-refractivity contribution < 1.29 is 15.6 Å². The van der Waals surface area contributed by atoms with Crippen LogP contribution in [-0.2, 0) is 15.6 Å². The molecule has 0 N–H and O–H groups in total. The Hall–Kier alpha value is 1.26. The van der Waals surface area contributed by atoms with Gasteiger partial charge in [-0.2, -0.15) is 0 Å². The van der Waals surface area contributed by atoms with Gasteiger partial charge in [0.05, 0.1) is 6.61 Å². The summed E-state index contributed by atoms with van der Waals surface area (Å²) in [6, 6.07) is 0. The van der Waals surface area contributed by atoms with Gasteiger partial charge >= 0.3 is 6.16 Å². The van der Waals surface area contributed by atoms with Crippen molar-refractivity contribution in [1.29, 1.82) is 0 Å². The van der Waals surface area contributed by atoms with E-state index in [-0.39, 0.29) is 6.10 Å². The highest BCUT2D eigenvalue weighted by Crippen LogP contribution is 2.30. The van der Waals surface area contributed by atoms with E-state index in [1.807, 2.05) is 19.0 Å². The van der Waals surface area contributed by atoms with E-state index in [2.05, 4.69) is 0 Å². The van der Waals surface area contributed by atoms with Crippen molar-refractivity contribution in [3.63, 3.8) is 0 Å². The van der Waals surface area contributed by atoms with Crippen molar-refractivity contribution in [1.82, 2.24) is 4.90 Å². The number of rotatable bonds is 4. The van der Waals surface area contributed by atoms with Crippen molar-refractivity contribution in [3.05, 3.63) is 0 Å². The van der Waals surface area contributed by atoms with Crippen LogP contribution in [0.3, 0.4) is 0 Å². The molecule has 7 heteroatoms. The van der Waals surface area contributed by atoms with Gasteiger partial charge in [0.2, 0.25) is 0 Å². The molecular weight excluding hydrogens is 404 g/mol. The lowest BCUT2D eigenvalue weighted by Crippen LogP contribution is -2.34. The van der Waals surface area contributed by atoms with E-state index >= 15 is 0 Å². The van der Waals surface area contributed by atoms with Crippen LogP contribution in [0.2, 0.25) is 0 Å². The maximum atomic E-state index is 5.43. The molecule has 1 atom stereocenters. The first-order valence-electron chi connectivity index (χ1n) is 3.68. The zero-order valence-electron chi connectivity index (χ0n) is 7.33. The van der Waals surface area contributed by atoms with Crippen molar-refractivity contribution in [3.8, 4) is 0 Å². The first-order valence-corrected chi connectivity index (χ1v) is 5.44. The Labute approximate surface area is 105 Å². The number of halogens is 2. The summed E-state index contributed by atoms with van der Waals surface area (Å²) in [5.41, 5.74) is 0. The quantitative estimate of drug-likeness (QED) is 0.512. The van der Waals surface area contributed by atoms with E-state index in [1.54, 1.807) is 46.0 Å². The Kier molecular flexibility index (Phi) is 5.10. The molecule has 1 unspecified atom stereocenters. The highest BCUT2D eigenvalue weighted by atomic mass is 127. The third-order valence-electron chi connectivity index (χ3n) is 1.51. The minimum Gasteiger partial charge on any atom is -0.307 e. The molecule has 0 radical (unpaired) electrons. The van der Waals surface area contributed by atoms with Crippen molar-refractivity contribution >= 4 is 46.0 Å². The maximum Gasteiger partial charge on any atom is 0.431 e. The Balaban J connectivity index is 2.42. The van der Waals surface area contributed by atoms with E-state index in [9.17, 15) is 0 Å². The Bertz CT molecular complexity index is 165. The highest BCUT2D eigenvalue weighted by molar-refractivity contribution is 14.1. The minimum absolute atomic E-state index is 0.0143. The molecule has 1 aliphatic rings. The summed E-state index contributed by atoms with van der Waals surface area (Å²) in [4.78, 5) is 2.02. The molecule has 0 aromatic carbocycles. The molecule has 0 aromatic heterocycles. The fourth-order valence-electron chi connectivity index (χ4n) is 1.06. The number of nitrogens with zero attached hydrogens (tertiary/aromatic N) is 1. The molecule has 1 saturated heterocycles. The molecular formula is C6H11I2NO4. The standard InChI is InChI=1S/C6H11I2NO4/c1-9(2)3-5-4-10-6(11-5,12-7)13-8/h5H,3-4H2,1-2H3. The van der Waals surface area contributed by atoms with Crippen LogP contribution in [0.1, 0.15) is 0 Å². The second kappa shape index (κ2) is 5.37. The molecule has 0 aliphatic carbocycles. The lowest BCUT2D eigenvalue weighted by Gasteiger charge is -2.20. The number of hydrogen-bond acceptors (Lipinski definition) is 5. The van der Waals surface area contributed by atoms with E-state index < -0.39 is 6.16 Å². The number of hydrogen-bond donors (Lipinski definition) is 0. The molecule has 0 bridgehead atoms. The van der Waals surface area contributed by atoms with Gasteiger partial charge in [-0.1, -0.05) is 0 Å². The summed E-state index contributed by atoms with van der Waals surface area (Å²) < 4.78 is 20.6. The minimum atomic E-state index is -1.32. The average Bonchev–Trinajstić information content (AvgIpc) is 2.48. The lowest BCUT2D eigenvalue weighted by molar-refractivity contribution is -0.372. The molecule has 0 saturated carbocycles. The van der Waals surface area contributed by atoms with Crippen molar-refractivity contribution in [2.24, 2.45) is 0 Å². The largest absolute Gasteiger partial charge is 0.431 e. The summed E-state index contributed by atoms with van der Waals surface area (Å²) >= 11 is 3.39. The molecule has 1 fully saturated rings. The van der Waals surface area contributed by atoms with E-state index in [4.69, 9.17) is 15.6 Å². The van der Waals surface area contributed by atoms with Crippen molar-refractivity contribution in [2.45, 2.75) is 12.3 Å². The van der Waals surface area contributed by atoms with Gasteiger partial charge in [0.25, 0.3) is 0 Å². The van der Waals surface area contributed by atoms with Crippen LogP contribution < -0.4 is 0 Å². The Morgan fingerprint density at radius 2 is 2.08 bits per heavy atom. The van der Waals surface area contributed by atoms with Gasteiger partial charge in [-0.25, -0.2) is 6.13 Å². The Morgan fingerprint density at radius 3 is 2.46 bits per heavy atom. The fraction of sp³-hybridized carbons (Fsp3) is 1.00. The van der Waals surface area contributed by atoms with Gasteiger partial charge in [0.15, 0.2) is 0 Å². The van der Waals surface area contributed by atoms with Crippen LogP contribution in [0, 0.1) is 0 Å². The van der Waals surface area contributed by atoms with Crippen LogP contribution in [0.15, 0.2) is 0 Å².